The van der Waals surface area contributed by atoms with Crippen LogP contribution in [-0.2, 0) is 5.60 Å². The average molecular weight is 510 g/mol. The van der Waals surface area contributed by atoms with Gasteiger partial charge in [-0.3, -0.25) is 4.90 Å². The highest BCUT2D eigenvalue weighted by Gasteiger charge is 2.43. The highest BCUT2D eigenvalue weighted by Crippen LogP contribution is 2.53. The van der Waals surface area contributed by atoms with Crippen LogP contribution in [0.25, 0.3) is 0 Å². The summed E-state index contributed by atoms with van der Waals surface area (Å²) in [4.78, 5) is 15.6. The van der Waals surface area contributed by atoms with E-state index in [-0.39, 0.29) is 18.6 Å². The molecule has 6 rings (SSSR count). The number of hydrogen-bond donors (Lipinski definition) is 3. The Morgan fingerprint density at radius 2 is 1.29 bits per heavy atom. The molecule has 5 heteroatoms. The summed E-state index contributed by atoms with van der Waals surface area (Å²) in [7, 11) is 0. The van der Waals surface area contributed by atoms with Gasteiger partial charge in [-0.05, 0) is 79.7 Å². The number of benzene rings is 3. The number of rotatable bonds is 8. The number of urea groups is 1. The fourth-order valence-electron chi connectivity index (χ4n) is 7.13. The normalized spacial score (nSPS) is 24.7. The monoisotopic (exact) mass is 509 g/mol. The van der Waals surface area contributed by atoms with Gasteiger partial charge in [0.25, 0.3) is 0 Å². The summed E-state index contributed by atoms with van der Waals surface area (Å²) in [5, 5.41) is 17.8. The first-order valence-corrected chi connectivity index (χ1v) is 14.3. The molecule has 3 aliphatic rings. The van der Waals surface area contributed by atoms with Crippen LogP contribution in [0.2, 0.25) is 0 Å². The smallest absolute Gasteiger partial charge is 0.315 e. The molecule has 0 radical (unpaired) electrons. The largest absolute Gasteiger partial charge is 0.379 e. The van der Waals surface area contributed by atoms with E-state index in [0.29, 0.717) is 12.1 Å². The molecule has 2 bridgehead atoms. The van der Waals surface area contributed by atoms with Gasteiger partial charge in [-0.2, -0.15) is 0 Å². The number of nitrogens with zero attached hydrogens (tertiary/aromatic N) is 1. The van der Waals surface area contributed by atoms with Gasteiger partial charge in [-0.25, -0.2) is 4.79 Å². The molecule has 2 unspecified atom stereocenters. The van der Waals surface area contributed by atoms with Crippen LogP contribution in [0.1, 0.15) is 79.3 Å². The zero-order chi connectivity index (χ0) is 26.0. The Hall–Kier alpha value is -3.15. The molecule has 5 nitrogen and oxygen atoms in total. The SMILES string of the molecule is O=C(NCC(O)(c1ccccc1)c1ccccc1)NC1CCC(CCN2C3CCC2c2ccccc23)CC1. The van der Waals surface area contributed by atoms with E-state index in [2.05, 4.69) is 39.8 Å². The number of nitrogens with one attached hydrogen (secondary N) is 2. The highest BCUT2D eigenvalue weighted by molar-refractivity contribution is 5.74. The summed E-state index contributed by atoms with van der Waals surface area (Å²) < 4.78 is 0. The van der Waals surface area contributed by atoms with E-state index < -0.39 is 5.60 Å². The number of aliphatic hydroxyl groups is 1. The summed E-state index contributed by atoms with van der Waals surface area (Å²) >= 11 is 0. The standard InChI is InChI=1S/C33H39N3O2/c37-32(34-23-33(38,25-9-3-1-4-10-25)26-11-5-2-6-12-26)35-27-17-15-24(16-18-27)21-22-36-30-19-20-31(36)29-14-8-7-13-28(29)30/h1-14,24,27,30-31,38H,15-23H2,(H2,34,35,37). The van der Waals surface area contributed by atoms with Gasteiger partial charge in [0.2, 0.25) is 0 Å². The first-order chi connectivity index (χ1) is 18.6. The Bertz CT molecular complexity index is 1150. The third-order valence-corrected chi connectivity index (χ3v) is 9.21. The van der Waals surface area contributed by atoms with Gasteiger partial charge in [-0.1, -0.05) is 84.9 Å². The molecule has 3 N–H and O–H groups in total. The maximum atomic E-state index is 12.8. The van der Waals surface area contributed by atoms with E-state index in [0.717, 1.165) is 29.9 Å². The Morgan fingerprint density at radius 3 is 1.84 bits per heavy atom. The Morgan fingerprint density at radius 1 is 0.763 bits per heavy atom. The lowest BCUT2D eigenvalue weighted by molar-refractivity contribution is 0.0818. The van der Waals surface area contributed by atoms with Crippen LogP contribution in [0.3, 0.4) is 0 Å². The summed E-state index contributed by atoms with van der Waals surface area (Å²) in [5.74, 6) is 0.737. The minimum atomic E-state index is -1.29. The lowest BCUT2D eigenvalue weighted by Gasteiger charge is -2.32. The fourth-order valence-corrected chi connectivity index (χ4v) is 7.13. The van der Waals surface area contributed by atoms with E-state index in [9.17, 15) is 9.90 Å². The fraction of sp³-hybridized carbons (Fsp3) is 0.424. The van der Waals surface area contributed by atoms with Crippen molar-refractivity contribution in [3.63, 3.8) is 0 Å². The third kappa shape index (κ3) is 4.97. The molecule has 2 heterocycles. The number of carbonyl (C=O) groups excluding carboxylic acids is 1. The molecule has 198 valence electrons. The minimum Gasteiger partial charge on any atom is -0.379 e. The number of amides is 2. The number of hydrogen-bond acceptors (Lipinski definition) is 3. The minimum absolute atomic E-state index is 0.114. The topological polar surface area (TPSA) is 64.6 Å². The van der Waals surface area contributed by atoms with Crippen molar-refractivity contribution in [1.82, 2.24) is 15.5 Å². The molecule has 1 aliphatic carbocycles. The predicted molar refractivity (Wildman–Crippen MR) is 151 cm³/mol. The lowest BCUT2D eigenvalue weighted by Crippen LogP contribution is -2.48. The Labute approximate surface area is 226 Å². The van der Waals surface area contributed by atoms with Crippen molar-refractivity contribution in [3.05, 3.63) is 107 Å². The molecule has 2 atom stereocenters. The van der Waals surface area contributed by atoms with Crippen molar-refractivity contribution in [2.24, 2.45) is 5.92 Å². The summed E-state index contributed by atoms with van der Waals surface area (Å²) in [6.45, 7) is 1.30. The van der Waals surface area contributed by atoms with Crippen LogP contribution in [0.5, 0.6) is 0 Å². The van der Waals surface area contributed by atoms with Crippen molar-refractivity contribution < 1.29 is 9.90 Å². The van der Waals surface area contributed by atoms with Crippen LogP contribution < -0.4 is 10.6 Å². The molecule has 2 fully saturated rings. The van der Waals surface area contributed by atoms with E-state index in [4.69, 9.17) is 0 Å². The second-order valence-electron chi connectivity index (χ2n) is 11.4. The molecule has 0 aromatic heterocycles. The first kappa shape index (κ1) is 25.1. The van der Waals surface area contributed by atoms with Gasteiger partial charge in [-0.15, -0.1) is 0 Å². The maximum absolute atomic E-state index is 12.8. The molecule has 2 aliphatic heterocycles. The van der Waals surface area contributed by atoms with Crippen LogP contribution in [0.4, 0.5) is 4.79 Å². The molecule has 38 heavy (non-hydrogen) atoms. The molecule has 1 saturated heterocycles. The zero-order valence-corrected chi connectivity index (χ0v) is 22.1. The lowest BCUT2D eigenvalue weighted by atomic mass is 9.84. The van der Waals surface area contributed by atoms with Crippen molar-refractivity contribution in [3.8, 4) is 0 Å². The van der Waals surface area contributed by atoms with Crippen molar-refractivity contribution >= 4 is 6.03 Å². The molecule has 3 aromatic carbocycles. The second kappa shape index (κ2) is 10.9. The van der Waals surface area contributed by atoms with Crippen molar-refractivity contribution in [2.45, 2.75) is 68.7 Å². The molecule has 0 spiro atoms. The predicted octanol–water partition coefficient (Wildman–Crippen LogP) is 6.06. The van der Waals surface area contributed by atoms with Crippen LogP contribution in [0.15, 0.2) is 84.9 Å². The summed E-state index contributed by atoms with van der Waals surface area (Å²) in [6.07, 6.45) is 8.23. The molecule has 3 aromatic rings. The summed E-state index contributed by atoms with van der Waals surface area (Å²) in [5.41, 5.74) is 3.37. The Kier molecular flexibility index (Phi) is 7.22. The Balaban J connectivity index is 0.976. The third-order valence-electron chi connectivity index (χ3n) is 9.21. The number of carbonyl (C=O) groups is 1. The molecule has 2 amide bonds. The van der Waals surface area contributed by atoms with E-state index in [1.54, 1.807) is 11.1 Å². The van der Waals surface area contributed by atoms with Crippen LogP contribution in [-0.4, -0.2) is 35.2 Å². The molecular weight excluding hydrogens is 470 g/mol. The first-order valence-electron chi connectivity index (χ1n) is 14.3. The van der Waals surface area contributed by atoms with Gasteiger partial charge < -0.3 is 15.7 Å². The van der Waals surface area contributed by atoms with Crippen molar-refractivity contribution in [1.29, 1.82) is 0 Å². The van der Waals surface area contributed by atoms with Gasteiger partial charge in [0, 0.05) is 18.1 Å². The van der Waals surface area contributed by atoms with Gasteiger partial charge in [0.05, 0.1) is 6.54 Å². The van der Waals surface area contributed by atoms with Gasteiger partial charge in [0.15, 0.2) is 0 Å². The van der Waals surface area contributed by atoms with Crippen LogP contribution in [0, 0.1) is 5.92 Å². The number of fused-ring (bicyclic) bond motifs is 5. The van der Waals surface area contributed by atoms with E-state index in [1.165, 1.54) is 38.6 Å². The quantitative estimate of drug-likeness (QED) is 0.346. The van der Waals surface area contributed by atoms with Gasteiger partial charge in [0.1, 0.15) is 5.60 Å². The zero-order valence-electron chi connectivity index (χ0n) is 22.1. The van der Waals surface area contributed by atoms with Gasteiger partial charge >= 0.3 is 6.03 Å². The van der Waals surface area contributed by atoms with E-state index >= 15 is 0 Å². The average Bonchev–Trinajstić information content (AvgIpc) is 3.53. The van der Waals surface area contributed by atoms with Crippen molar-refractivity contribution in [2.75, 3.05) is 13.1 Å². The highest BCUT2D eigenvalue weighted by atomic mass is 16.3. The van der Waals surface area contributed by atoms with Crippen LogP contribution >= 0.6 is 0 Å². The second-order valence-corrected chi connectivity index (χ2v) is 11.4. The maximum Gasteiger partial charge on any atom is 0.315 e. The molecule has 1 saturated carbocycles. The van der Waals surface area contributed by atoms with E-state index in [1.807, 2.05) is 60.7 Å². The summed E-state index contributed by atoms with van der Waals surface area (Å²) in [6, 6.07) is 29.4. The molecular formula is C33H39N3O2.